The first-order valence-corrected chi connectivity index (χ1v) is 6.23. The predicted molar refractivity (Wildman–Crippen MR) is 77.0 cm³/mol. The second-order valence-corrected chi connectivity index (χ2v) is 4.52. The number of hydrogen-bond donors (Lipinski definition) is 1. The van der Waals surface area contributed by atoms with E-state index in [1.165, 1.54) is 6.07 Å². The van der Waals surface area contributed by atoms with E-state index in [2.05, 4.69) is 10.3 Å². The summed E-state index contributed by atoms with van der Waals surface area (Å²) in [6, 6.07) is 7.44. The van der Waals surface area contributed by atoms with Crippen LogP contribution in [0.4, 0.5) is 11.5 Å². The largest absolute Gasteiger partial charge is 0.432 e. The Morgan fingerprint density at radius 1 is 1.30 bits per heavy atom. The van der Waals surface area contributed by atoms with E-state index in [4.69, 9.17) is 27.9 Å². The number of pyridine rings is 1. The Balaban J connectivity index is 2.41. The normalized spacial score (nSPS) is 10.2. The Bertz CT molecular complexity index is 664. The van der Waals surface area contributed by atoms with Crippen LogP contribution in [0.1, 0.15) is 0 Å². The highest BCUT2D eigenvalue weighted by atomic mass is 35.5. The van der Waals surface area contributed by atoms with Gasteiger partial charge < -0.3 is 10.1 Å². The molecule has 8 heteroatoms. The van der Waals surface area contributed by atoms with Crippen molar-refractivity contribution in [3.8, 4) is 11.6 Å². The minimum absolute atomic E-state index is 0.0230. The third-order valence-corrected chi connectivity index (χ3v) is 3.11. The zero-order chi connectivity index (χ0) is 14.7. The van der Waals surface area contributed by atoms with Crippen LogP contribution in [0.2, 0.25) is 10.0 Å². The minimum Gasteiger partial charge on any atom is -0.432 e. The van der Waals surface area contributed by atoms with Crippen LogP contribution in [0.3, 0.4) is 0 Å². The van der Waals surface area contributed by atoms with Gasteiger partial charge in [0, 0.05) is 25.2 Å². The lowest BCUT2D eigenvalue weighted by Crippen LogP contribution is -1.97. The molecule has 0 aliphatic heterocycles. The van der Waals surface area contributed by atoms with E-state index < -0.39 is 4.92 Å². The van der Waals surface area contributed by atoms with E-state index in [-0.39, 0.29) is 27.4 Å². The van der Waals surface area contributed by atoms with E-state index in [1.54, 1.807) is 25.2 Å². The summed E-state index contributed by atoms with van der Waals surface area (Å²) in [5.41, 5.74) is -0.281. The van der Waals surface area contributed by atoms with Crippen LogP contribution >= 0.6 is 23.2 Å². The summed E-state index contributed by atoms with van der Waals surface area (Å²) >= 11 is 11.6. The molecule has 1 aromatic heterocycles. The summed E-state index contributed by atoms with van der Waals surface area (Å²) in [7, 11) is 1.70. The Morgan fingerprint density at radius 2 is 2.00 bits per heavy atom. The van der Waals surface area contributed by atoms with Crippen molar-refractivity contribution in [1.82, 2.24) is 4.98 Å². The topological polar surface area (TPSA) is 77.3 Å². The molecule has 1 aromatic carbocycles. The quantitative estimate of drug-likeness (QED) is 0.678. The van der Waals surface area contributed by atoms with Gasteiger partial charge in [-0.1, -0.05) is 29.3 Å². The molecule has 0 saturated heterocycles. The number of benzene rings is 1. The van der Waals surface area contributed by atoms with Gasteiger partial charge in [0.05, 0.1) is 15.0 Å². The van der Waals surface area contributed by atoms with Crippen LogP contribution in [-0.4, -0.2) is 17.0 Å². The number of halogens is 2. The monoisotopic (exact) mass is 313 g/mol. The summed E-state index contributed by atoms with van der Waals surface area (Å²) in [5.74, 6) is 0.758. The molecule has 0 aliphatic carbocycles. The Labute approximate surface area is 124 Å². The highest BCUT2D eigenvalue weighted by Gasteiger charge is 2.19. The van der Waals surface area contributed by atoms with Crippen molar-refractivity contribution in [2.45, 2.75) is 0 Å². The van der Waals surface area contributed by atoms with Crippen LogP contribution in [0, 0.1) is 10.1 Å². The summed E-state index contributed by atoms with van der Waals surface area (Å²) in [5, 5.41) is 14.1. The highest BCUT2D eigenvalue weighted by Crippen LogP contribution is 2.37. The van der Waals surface area contributed by atoms with Gasteiger partial charge in [-0.3, -0.25) is 10.1 Å². The van der Waals surface area contributed by atoms with Crippen molar-refractivity contribution < 1.29 is 9.66 Å². The van der Waals surface area contributed by atoms with Crippen LogP contribution in [0.5, 0.6) is 11.6 Å². The second-order valence-electron chi connectivity index (χ2n) is 3.70. The highest BCUT2D eigenvalue weighted by molar-refractivity contribution is 6.42. The Morgan fingerprint density at radius 3 is 2.65 bits per heavy atom. The fourth-order valence-electron chi connectivity index (χ4n) is 1.47. The number of nitro benzene ring substituents is 1. The van der Waals surface area contributed by atoms with Gasteiger partial charge in [-0.2, -0.15) is 4.98 Å². The van der Waals surface area contributed by atoms with Gasteiger partial charge in [0.25, 0.3) is 0 Å². The molecule has 0 unspecified atom stereocenters. The van der Waals surface area contributed by atoms with Gasteiger partial charge in [0.1, 0.15) is 5.82 Å². The molecule has 104 valence electrons. The van der Waals surface area contributed by atoms with Crippen molar-refractivity contribution in [2.75, 3.05) is 12.4 Å². The summed E-state index contributed by atoms with van der Waals surface area (Å²) in [4.78, 5) is 14.5. The molecule has 0 aliphatic rings. The molecule has 2 rings (SSSR count). The summed E-state index contributed by atoms with van der Waals surface area (Å²) in [6.07, 6.45) is 0. The van der Waals surface area contributed by atoms with Gasteiger partial charge in [0.15, 0.2) is 0 Å². The van der Waals surface area contributed by atoms with Crippen LogP contribution < -0.4 is 10.1 Å². The van der Waals surface area contributed by atoms with Gasteiger partial charge >= 0.3 is 5.69 Å². The Hall–Kier alpha value is -2.05. The van der Waals surface area contributed by atoms with Crippen molar-refractivity contribution >= 4 is 34.7 Å². The maximum Gasteiger partial charge on any atom is 0.313 e. The maximum atomic E-state index is 11.0. The Kier molecular flexibility index (Phi) is 4.26. The van der Waals surface area contributed by atoms with E-state index in [1.807, 2.05) is 0 Å². The van der Waals surface area contributed by atoms with Crippen molar-refractivity contribution in [1.29, 1.82) is 0 Å². The molecule has 0 amide bonds. The average molecular weight is 314 g/mol. The fraction of sp³-hybridized carbons (Fsp3) is 0.0833. The van der Waals surface area contributed by atoms with Crippen molar-refractivity contribution in [2.24, 2.45) is 0 Å². The number of aromatic nitrogens is 1. The molecule has 0 fully saturated rings. The third-order valence-electron chi connectivity index (χ3n) is 2.39. The van der Waals surface area contributed by atoms with E-state index in [0.717, 1.165) is 6.07 Å². The van der Waals surface area contributed by atoms with Gasteiger partial charge in [-0.15, -0.1) is 0 Å². The molecule has 20 heavy (non-hydrogen) atoms. The maximum absolute atomic E-state index is 11.0. The molecule has 1 heterocycles. The van der Waals surface area contributed by atoms with Crippen LogP contribution in [-0.2, 0) is 0 Å². The number of rotatable bonds is 4. The molecule has 0 radical (unpaired) electrons. The lowest BCUT2D eigenvalue weighted by atomic mass is 10.3. The second kappa shape index (κ2) is 5.94. The van der Waals surface area contributed by atoms with Crippen LogP contribution in [0.25, 0.3) is 0 Å². The van der Waals surface area contributed by atoms with Crippen molar-refractivity contribution in [3.63, 3.8) is 0 Å². The molecule has 2 aromatic rings. The number of ether oxygens (including phenoxy) is 1. The van der Waals surface area contributed by atoms with E-state index in [0.29, 0.717) is 5.82 Å². The number of nitrogens with one attached hydrogen (secondary N) is 1. The summed E-state index contributed by atoms with van der Waals surface area (Å²) in [6.45, 7) is 0. The van der Waals surface area contributed by atoms with Gasteiger partial charge in [-0.25, -0.2) is 0 Å². The zero-order valence-electron chi connectivity index (χ0n) is 10.3. The lowest BCUT2D eigenvalue weighted by molar-refractivity contribution is -0.385. The van der Waals surface area contributed by atoms with Gasteiger partial charge in [-0.05, 0) is 6.07 Å². The number of nitrogens with zero attached hydrogens (tertiary/aromatic N) is 2. The smallest absolute Gasteiger partial charge is 0.313 e. The molecule has 0 bridgehead atoms. The average Bonchev–Trinajstić information content (AvgIpc) is 2.42. The number of hydrogen-bond acceptors (Lipinski definition) is 5. The molecule has 6 nitrogen and oxygen atoms in total. The lowest BCUT2D eigenvalue weighted by Gasteiger charge is -2.08. The minimum atomic E-state index is -0.598. The predicted octanol–water partition coefficient (Wildman–Crippen LogP) is 4.13. The first kappa shape index (κ1) is 14.4. The zero-order valence-corrected chi connectivity index (χ0v) is 11.8. The fourth-order valence-corrected chi connectivity index (χ4v) is 1.78. The molecular weight excluding hydrogens is 305 g/mol. The summed E-state index contributed by atoms with van der Waals surface area (Å²) < 4.78 is 5.41. The molecule has 0 spiro atoms. The molecule has 0 saturated carbocycles. The van der Waals surface area contributed by atoms with Gasteiger partial charge in [0.2, 0.25) is 11.6 Å². The van der Waals surface area contributed by atoms with Crippen molar-refractivity contribution in [3.05, 3.63) is 50.5 Å². The van der Waals surface area contributed by atoms with Crippen LogP contribution in [0.15, 0.2) is 30.3 Å². The SMILES string of the molecule is CNc1cccc(Oc2cc(Cl)c(Cl)cc2[N+](=O)[O-])n1. The first-order chi connectivity index (χ1) is 9.51. The molecular formula is C12H9Cl2N3O3. The third kappa shape index (κ3) is 3.09. The van der Waals surface area contributed by atoms with E-state index >= 15 is 0 Å². The number of anilines is 1. The molecule has 0 atom stereocenters. The van der Waals surface area contributed by atoms with E-state index in [9.17, 15) is 10.1 Å². The molecule has 1 N–H and O–H groups in total. The number of nitro groups is 1. The standard InChI is InChI=1S/C12H9Cl2N3O3/c1-15-11-3-2-4-12(16-11)20-10-6-8(14)7(13)5-9(10)17(18)19/h2-6H,1H3,(H,15,16). The first-order valence-electron chi connectivity index (χ1n) is 5.47.